The molecule has 2 rings (SSSR count). The maximum absolute atomic E-state index is 9.61. The molecule has 0 aliphatic carbocycles. The van der Waals surface area contributed by atoms with Crippen LogP contribution < -0.4 is 0 Å². The average molecular weight is 277 g/mol. The minimum absolute atomic E-state index is 0.0658. The number of nitrogens with zero attached hydrogens (tertiary/aromatic N) is 3. The highest BCUT2D eigenvalue weighted by Crippen LogP contribution is 2.31. The van der Waals surface area contributed by atoms with E-state index >= 15 is 0 Å². The monoisotopic (exact) mass is 277 g/mol. The SMILES string of the molecule is CCC1CN(CC)CCN1C(C#N)c1sccc1C. The summed E-state index contributed by atoms with van der Waals surface area (Å²) in [4.78, 5) is 6.12. The zero-order chi connectivity index (χ0) is 13.8. The molecular formula is C15H23N3S. The van der Waals surface area contributed by atoms with Crippen molar-refractivity contribution in [2.24, 2.45) is 0 Å². The lowest BCUT2D eigenvalue weighted by Gasteiger charge is -2.42. The fraction of sp³-hybridized carbons (Fsp3) is 0.667. The van der Waals surface area contributed by atoms with Gasteiger partial charge < -0.3 is 4.90 Å². The molecule has 2 heterocycles. The van der Waals surface area contributed by atoms with E-state index in [0.29, 0.717) is 6.04 Å². The van der Waals surface area contributed by atoms with E-state index in [1.165, 1.54) is 10.4 Å². The third kappa shape index (κ3) is 3.00. The predicted octanol–water partition coefficient (Wildman–Crippen LogP) is 3.04. The highest BCUT2D eigenvalue weighted by molar-refractivity contribution is 7.10. The first kappa shape index (κ1) is 14.5. The van der Waals surface area contributed by atoms with Gasteiger partial charge in [-0.15, -0.1) is 11.3 Å². The van der Waals surface area contributed by atoms with Crippen LogP contribution in [-0.4, -0.2) is 42.0 Å². The van der Waals surface area contributed by atoms with Gasteiger partial charge in [-0.2, -0.15) is 5.26 Å². The third-order valence-electron chi connectivity index (χ3n) is 4.13. The summed E-state index contributed by atoms with van der Waals surface area (Å²) in [5, 5.41) is 11.7. The molecule has 0 amide bonds. The molecule has 0 spiro atoms. The van der Waals surface area contributed by atoms with Crippen LogP contribution in [0, 0.1) is 18.3 Å². The number of likely N-dealkylation sites (N-methyl/N-ethyl adjacent to an activating group) is 1. The molecule has 1 aliphatic rings. The number of aryl methyl sites for hydroxylation is 1. The number of hydrogen-bond donors (Lipinski definition) is 0. The fourth-order valence-corrected chi connectivity index (χ4v) is 3.86. The molecule has 0 bridgehead atoms. The van der Waals surface area contributed by atoms with Gasteiger partial charge in [-0.3, -0.25) is 4.90 Å². The lowest BCUT2D eigenvalue weighted by molar-refractivity contribution is 0.0577. The van der Waals surface area contributed by atoms with Gasteiger partial charge in [0.15, 0.2) is 0 Å². The standard InChI is InChI=1S/C15H23N3S/c1-4-13-11-17(5-2)7-8-18(13)14(10-16)15-12(3)6-9-19-15/h6,9,13-14H,4-5,7-8,11H2,1-3H3. The first-order valence-corrected chi connectivity index (χ1v) is 8.00. The Morgan fingerprint density at radius 2 is 2.26 bits per heavy atom. The van der Waals surface area contributed by atoms with Crippen LogP contribution in [0.4, 0.5) is 0 Å². The second-order valence-corrected chi connectivity index (χ2v) is 6.14. The van der Waals surface area contributed by atoms with Crippen LogP contribution in [0.2, 0.25) is 0 Å². The minimum atomic E-state index is -0.0658. The molecule has 0 saturated carbocycles. The van der Waals surface area contributed by atoms with Gasteiger partial charge in [-0.05, 0) is 36.9 Å². The van der Waals surface area contributed by atoms with Crippen molar-refractivity contribution in [3.8, 4) is 6.07 Å². The first-order chi connectivity index (χ1) is 9.21. The van der Waals surface area contributed by atoms with Crippen LogP contribution in [0.25, 0.3) is 0 Å². The smallest absolute Gasteiger partial charge is 0.133 e. The average Bonchev–Trinajstić information content (AvgIpc) is 2.86. The molecule has 2 unspecified atom stereocenters. The van der Waals surface area contributed by atoms with E-state index < -0.39 is 0 Å². The summed E-state index contributed by atoms with van der Waals surface area (Å²) >= 11 is 1.72. The van der Waals surface area contributed by atoms with Crippen molar-refractivity contribution in [3.05, 3.63) is 21.9 Å². The highest BCUT2D eigenvalue weighted by atomic mass is 32.1. The Hall–Kier alpha value is -0.890. The van der Waals surface area contributed by atoms with Crippen LogP contribution in [0.5, 0.6) is 0 Å². The number of piperazine rings is 1. The van der Waals surface area contributed by atoms with Crippen molar-refractivity contribution in [3.63, 3.8) is 0 Å². The predicted molar refractivity (Wildman–Crippen MR) is 80.3 cm³/mol. The maximum Gasteiger partial charge on any atom is 0.133 e. The Bertz CT molecular complexity index is 448. The number of thiophene rings is 1. The first-order valence-electron chi connectivity index (χ1n) is 7.12. The molecule has 1 saturated heterocycles. The summed E-state index contributed by atoms with van der Waals surface area (Å²) in [6, 6.07) is 5.08. The zero-order valence-corrected chi connectivity index (χ0v) is 12.9. The summed E-state index contributed by atoms with van der Waals surface area (Å²) in [7, 11) is 0. The van der Waals surface area contributed by atoms with Crippen molar-refractivity contribution in [2.75, 3.05) is 26.2 Å². The van der Waals surface area contributed by atoms with E-state index in [-0.39, 0.29) is 6.04 Å². The van der Waals surface area contributed by atoms with Crippen LogP contribution in [0.15, 0.2) is 11.4 Å². The molecule has 0 N–H and O–H groups in total. The Labute approximate surface area is 120 Å². The van der Waals surface area contributed by atoms with Gasteiger partial charge >= 0.3 is 0 Å². The van der Waals surface area contributed by atoms with Crippen LogP contribution in [0.3, 0.4) is 0 Å². The Morgan fingerprint density at radius 1 is 1.47 bits per heavy atom. The summed E-state index contributed by atoms with van der Waals surface area (Å²) in [5.41, 5.74) is 1.25. The van der Waals surface area contributed by atoms with Gasteiger partial charge in [0.2, 0.25) is 0 Å². The molecule has 1 aromatic rings. The quantitative estimate of drug-likeness (QED) is 0.847. The topological polar surface area (TPSA) is 30.3 Å². The number of hydrogen-bond acceptors (Lipinski definition) is 4. The Kier molecular flexibility index (Phi) is 4.98. The molecule has 19 heavy (non-hydrogen) atoms. The third-order valence-corrected chi connectivity index (χ3v) is 5.21. The Morgan fingerprint density at radius 3 is 2.79 bits per heavy atom. The van der Waals surface area contributed by atoms with Crippen molar-refractivity contribution >= 4 is 11.3 Å². The van der Waals surface area contributed by atoms with E-state index in [0.717, 1.165) is 32.6 Å². The van der Waals surface area contributed by atoms with Gasteiger partial charge in [0.1, 0.15) is 6.04 Å². The molecular weight excluding hydrogens is 254 g/mol. The maximum atomic E-state index is 9.61. The minimum Gasteiger partial charge on any atom is -0.301 e. The molecule has 1 fully saturated rings. The lowest BCUT2D eigenvalue weighted by atomic mass is 10.0. The van der Waals surface area contributed by atoms with Crippen molar-refractivity contribution in [2.45, 2.75) is 39.3 Å². The summed E-state index contributed by atoms with van der Waals surface area (Å²) in [6.45, 7) is 10.8. The van der Waals surface area contributed by atoms with Gasteiger partial charge in [0.25, 0.3) is 0 Å². The summed E-state index contributed by atoms with van der Waals surface area (Å²) in [5.74, 6) is 0. The zero-order valence-electron chi connectivity index (χ0n) is 12.1. The van der Waals surface area contributed by atoms with Gasteiger partial charge in [-0.1, -0.05) is 13.8 Å². The van der Waals surface area contributed by atoms with Gasteiger partial charge in [0.05, 0.1) is 6.07 Å². The molecule has 2 atom stereocenters. The number of nitriles is 1. The highest BCUT2D eigenvalue weighted by Gasteiger charge is 2.32. The molecule has 104 valence electrons. The van der Waals surface area contributed by atoms with Gasteiger partial charge in [-0.25, -0.2) is 0 Å². The largest absolute Gasteiger partial charge is 0.301 e. The van der Waals surface area contributed by atoms with E-state index in [1.54, 1.807) is 11.3 Å². The van der Waals surface area contributed by atoms with Crippen molar-refractivity contribution in [1.29, 1.82) is 5.26 Å². The van der Waals surface area contributed by atoms with E-state index in [9.17, 15) is 5.26 Å². The summed E-state index contributed by atoms with van der Waals surface area (Å²) < 4.78 is 0. The second kappa shape index (κ2) is 6.51. The van der Waals surface area contributed by atoms with E-state index in [1.807, 2.05) is 0 Å². The molecule has 4 heteroatoms. The molecule has 1 aromatic heterocycles. The normalized spacial score (nSPS) is 23.2. The van der Waals surface area contributed by atoms with Gasteiger partial charge in [0, 0.05) is 30.6 Å². The summed E-state index contributed by atoms with van der Waals surface area (Å²) in [6.07, 6.45) is 1.11. The van der Waals surface area contributed by atoms with Crippen molar-refractivity contribution in [1.82, 2.24) is 9.80 Å². The number of rotatable bonds is 4. The van der Waals surface area contributed by atoms with E-state index in [2.05, 4.69) is 48.1 Å². The second-order valence-electron chi connectivity index (χ2n) is 5.19. The van der Waals surface area contributed by atoms with Crippen LogP contribution in [0.1, 0.15) is 36.8 Å². The van der Waals surface area contributed by atoms with Crippen LogP contribution >= 0.6 is 11.3 Å². The van der Waals surface area contributed by atoms with Crippen molar-refractivity contribution < 1.29 is 0 Å². The molecule has 0 aromatic carbocycles. The van der Waals surface area contributed by atoms with Crippen LogP contribution in [-0.2, 0) is 0 Å². The molecule has 1 aliphatic heterocycles. The van der Waals surface area contributed by atoms with E-state index in [4.69, 9.17) is 0 Å². The lowest BCUT2D eigenvalue weighted by Crippen LogP contribution is -2.53. The molecule has 3 nitrogen and oxygen atoms in total. The Balaban J connectivity index is 2.19. The fourth-order valence-electron chi connectivity index (χ4n) is 2.87. The molecule has 0 radical (unpaired) electrons.